The molecule has 0 fully saturated rings. The molecule has 208 valence electrons. The van der Waals surface area contributed by atoms with Gasteiger partial charge in [-0.25, -0.2) is 0 Å². The minimum atomic E-state index is 0. The van der Waals surface area contributed by atoms with Gasteiger partial charge in [-0.1, -0.05) is 48.5 Å². The van der Waals surface area contributed by atoms with E-state index in [1.165, 1.54) is 71.9 Å². The molecule has 42 heavy (non-hydrogen) atoms. The van der Waals surface area contributed by atoms with E-state index in [0.29, 0.717) is 11.6 Å². The summed E-state index contributed by atoms with van der Waals surface area (Å²) in [5.74, 6) is 1.30. The third kappa shape index (κ3) is 7.27. The molecule has 1 heterocycles. The maximum Gasteiger partial charge on any atom is 1.00 e. The first-order chi connectivity index (χ1) is 20.2. The molecule has 0 radical (unpaired) electrons. The topological polar surface area (TPSA) is 128 Å². The largest absolute Gasteiger partial charge is 1.00 e. The van der Waals surface area contributed by atoms with Crippen molar-refractivity contribution in [1.82, 2.24) is 20.4 Å². The van der Waals surface area contributed by atoms with E-state index in [4.69, 9.17) is 15.4 Å². The van der Waals surface area contributed by atoms with Gasteiger partial charge in [-0.15, -0.1) is 25.7 Å². The standard InChI is InChI=1S/C22H22N4.C11H11N.HNO2.Na/c1-3-11-17-15(7-1)9-5-13-19(17)21-23-25-22(26-24-21)20-14-6-10-16-8-2-4-12-18(16)20;12-8-10-6-3-5-9-4-1-2-7-11(9)10;2-1-3;/h5-6,9-10,13-14H,1-4,7-8,11-12H2;3,5-6H,1-2,4,7H2;(H,2,3);/q;;;+1/p-1. The molecule has 3 aliphatic rings. The first kappa shape index (κ1) is 31.4. The first-order valence-electron chi connectivity index (χ1n) is 14.5. The van der Waals surface area contributed by atoms with Crippen LogP contribution in [0.2, 0.25) is 0 Å². The molecule has 0 bridgehead atoms. The number of fused-ring (bicyclic) bond motifs is 3. The maximum atomic E-state index is 8.84. The summed E-state index contributed by atoms with van der Waals surface area (Å²) in [6.45, 7) is 0. The predicted octanol–water partition coefficient (Wildman–Crippen LogP) is 4.05. The number of benzene rings is 3. The third-order valence-electron chi connectivity index (χ3n) is 8.27. The number of nitrogens with zero attached hydrogens (tertiary/aromatic N) is 6. The minimum absolute atomic E-state index is 0. The van der Waals surface area contributed by atoms with Crippen molar-refractivity contribution in [1.29, 1.82) is 5.26 Å². The van der Waals surface area contributed by atoms with Crippen molar-refractivity contribution in [3.8, 4) is 28.8 Å². The number of hydrogen-bond acceptors (Lipinski definition) is 8. The van der Waals surface area contributed by atoms with Crippen LogP contribution in [0.25, 0.3) is 22.8 Å². The van der Waals surface area contributed by atoms with Crippen LogP contribution in [-0.4, -0.2) is 20.4 Å². The molecule has 3 aliphatic carbocycles. The normalized spacial score (nSPS) is 14.5. The van der Waals surface area contributed by atoms with Crippen LogP contribution in [0.3, 0.4) is 0 Å². The monoisotopic (exact) mass is 568 g/mol. The second-order valence-corrected chi connectivity index (χ2v) is 10.7. The molecule has 7 rings (SSSR count). The van der Waals surface area contributed by atoms with Crippen molar-refractivity contribution in [3.63, 3.8) is 0 Å². The Morgan fingerprint density at radius 2 is 0.952 bits per heavy atom. The van der Waals surface area contributed by atoms with E-state index in [-0.39, 0.29) is 29.6 Å². The Bertz CT molecular complexity index is 1470. The first-order valence-corrected chi connectivity index (χ1v) is 14.5. The molecular weight excluding hydrogens is 535 g/mol. The van der Waals surface area contributed by atoms with Crippen molar-refractivity contribution < 1.29 is 29.6 Å². The van der Waals surface area contributed by atoms with Gasteiger partial charge in [-0.05, 0) is 116 Å². The Balaban J connectivity index is 0.000000212. The molecule has 8 nitrogen and oxygen atoms in total. The van der Waals surface area contributed by atoms with Crippen molar-refractivity contribution in [3.05, 3.63) is 104 Å². The third-order valence-corrected chi connectivity index (χ3v) is 8.27. The van der Waals surface area contributed by atoms with Crippen molar-refractivity contribution in [2.75, 3.05) is 0 Å². The van der Waals surface area contributed by atoms with Crippen LogP contribution in [0, 0.1) is 21.4 Å². The number of hydrogen-bond donors (Lipinski definition) is 0. The van der Waals surface area contributed by atoms with Gasteiger partial charge in [0.1, 0.15) is 0 Å². The fraction of sp³-hybridized carbons (Fsp3) is 0.364. The SMILES string of the molecule is N#Cc1cccc2c1CCCC2.O=N[O-].[Na+].c1cc2c(c(-c3nnc(-c4cccc5c4CCCC5)nn3)c1)CCCC2. The van der Waals surface area contributed by atoms with Gasteiger partial charge < -0.3 is 10.1 Å². The Kier molecular flexibility index (Phi) is 11.7. The second-order valence-electron chi connectivity index (χ2n) is 10.7. The molecule has 0 aliphatic heterocycles. The molecule has 1 aromatic heterocycles. The molecule has 0 saturated heterocycles. The van der Waals surface area contributed by atoms with Gasteiger partial charge >= 0.3 is 29.6 Å². The number of aryl methyl sites for hydroxylation is 3. The van der Waals surface area contributed by atoms with Crippen LogP contribution in [-0.2, 0) is 38.5 Å². The quantitative estimate of drug-likeness (QED) is 0.203. The van der Waals surface area contributed by atoms with E-state index >= 15 is 0 Å². The van der Waals surface area contributed by atoms with Gasteiger partial charge in [0.25, 0.3) is 0 Å². The summed E-state index contributed by atoms with van der Waals surface area (Å²) in [4.78, 5) is 8.00. The van der Waals surface area contributed by atoms with E-state index in [2.05, 4.69) is 68.9 Å². The van der Waals surface area contributed by atoms with Crippen LogP contribution in [0.5, 0.6) is 0 Å². The summed E-state index contributed by atoms with van der Waals surface area (Å²) in [7, 11) is 0. The summed E-state index contributed by atoms with van der Waals surface area (Å²) >= 11 is 0. The van der Waals surface area contributed by atoms with Gasteiger partial charge in [0.15, 0.2) is 0 Å². The summed E-state index contributed by atoms with van der Waals surface area (Å²) in [5.41, 5.74) is 11.4. The van der Waals surface area contributed by atoms with Gasteiger partial charge in [0, 0.05) is 11.1 Å². The van der Waals surface area contributed by atoms with Crippen LogP contribution in [0.1, 0.15) is 77.5 Å². The summed E-state index contributed by atoms with van der Waals surface area (Å²) in [6.07, 6.45) is 14.3. The molecule has 9 heteroatoms. The molecule has 0 spiro atoms. The van der Waals surface area contributed by atoms with Gasteiger partial charge in [-0.2, -0.15) is 5.26 Å². The Morgan fingerprint density at radius 3 is 1.38 bits per heavy atom. The number of nitriles is 1. The second kappa shape index (κ2) is 15.6. The van der Waals surface area contributed by atoms with E-state index < -0.39 is 0 Å². The summed E-state index contributed by atoms with van der Waals surface area (Å²) < 4.78 is 0. The average molecular weight is 569 g/mol. The molecule has 0 unspecified atom stereocenters. The molecule has 4 aromatic rings. The smallest absolute Gasteiger partial charge is 0.444 e. The maximum absolute atomic E-state index is 8.84. The van der Waals surface area contributed by atoms with E-state index in [1.54, 1.807) is 0 Å². The zero-order valence-electron chi connectivity index (χ0n) is 24.2. The molecule has 0 amide bonds. The van der Waals surface area contributed by atoms with Crippen molar-refractivity contribution in [2.45, 2.75) is 77.0 Å². The van der Waals surface area contributed by atoms with Crippen LogP contribution in [0.15, 0.2) is 59.9 Å². The summed E-state index contributed by atoms with van der Waals surface area (Å²) in [5, 5.41) is 35.7. The zero-order valence-corrected chi connectivity index (χ0v) is 26.2. The zero-order chi connectivity index (χ0) is 28.4. The molecule has 0 saturated carbocycles. The Labute approximate surface area is 268 Å². The van der Waals surface area contributed by atoms with Gasteiger partial charge in [0.2, 0.25) is 11.6 Å². The fourth-order valence-electron chi connectivity index (χ4n) is 6.31. The average Bonchev–Trinajstić information content (AvgIpc) is 3.05. The minimum Gasteiger partial charge on any atom is -0.444 e. The Morgan fingerprint density at radius 1 is 0.595 bits per heavy atom. The predicted molar refractivity (Wildman–Crippen MR) is 159 cm³/mol. The number of rotatable bonds is 2. The van der Waals surface area contributed by atoms with Gasteiger partial charge in [-0.3, -0.25) is 0 Å². The molecule has 0 N–H and O–H groups in total. The number of aromatic nitrogens is 4. The fourth-order valence-corrected chi connectivity index (χ4v) is 6.31. The van der Waals surface area contributed by atoms with E-state index in [0.717, 1.165) is 60.6 Å². The Hall–Kier alpha value is -3.51. The van der Waals surface area contributed by atoms with Crippen LogP contribution in [0.4, 0.5) is 0 Å². The molecular formula is C33H33N6NaO2. The molecule has 0 atom stereocenters. The molecule has 3 aromatic carbocycles. The van der Waals surface area contributed by atoms with Crippen molar-refractivity contribution in [2.24, 2.45) is 5.34 Å². The van der Waals surface area contributed by atoms with Crippen LogP contribution < -0.4 is 29.6 Å². The summed E-state index contributed by atoms with van der Waals surface area (Å²) in [6, 6.07) is 21.2. The van der Waals surface area contributed by atoms with E-state index in [1.807, 2.05) is 12.1 Å². The van der Waals surface area contributed by atoms with E-state index in [9.17, 15) is 0 Å². The van der Waals surface area contributed by atoms with Gasteiger partial charge in [0.05, 0.1) is 11.6 Å². The van der Waals surface area contributed by atoms with Crippen LogP contribution >= 0.6 is 0 Å². The van der Waals surface area contributed by atoms with Crippen molar-refractivity contribution >= 4 is 0 Å².